The van der Waals surface area contributed by atoms with Crippen LogP contribution in [0.25, 0.3) is 0 Å². The Morgan fingerprint density at radius 1 is 1.00 bits per heavy atom. The molecule has 0 aliphatic heterocycles. The molecule has 5 nitrogen and oxygen atoms in total. The summed E-state index contributed by atoms with van der Waals surface area (Å²) in [7, 11) is 0. The normalized spacial score (nSPS) is 9.80. The highest BCUT2D eigenvalue weighted by Crippen LogP contribution is 2.12. The Morgan fingerprint density at radius 3 is 2.30 bits per heavy atom. The molecule has 2 aromatic rings. The highest BCUT2D eigenvalue weighted by Gasteiger charge is 2.07. The average molecular weight is 269 g/mol. The quantitative estimate of drug-likeness (QED) is 0.835. The molecule has 0 saturated carbocycles. The molecular weight excluding hydrogens is 258 g/mol. The van der Waals surface area contributed by atoms with Gasteiger partial charge in [0.05, 0.1) is 5.56 Å². The monoisotopic (exact) mass is 269 g/mol. The van der Waals surface area contributed by atoms with Crippen molar-refractivity contribution in [3.63, 3.8) is 0 Å². The van der Waals surface area contributed by atoms with Crippen molar-refractivity contribution in [1.29, 1.82) is 0 Å². The van der Waals surface area contributed by atoms with Gasteiger partial charge in [0.1, 0.15) is 6.29 Å². The SMILES string of the molecule is O=Cc1cccc(C(=O)Nc2ccc(C(=O)O)cc2)c1. The summed E-state index contributed by atoms with van der Waals surface area (Å²) in [6, 6.07) is 12.1. The molecule has 0 saturated heterocycles. The van der Waals surface area contributed by atoms with E-state index in [1.54, 1.807) is 18.2 Å². The zero-order chi connectivity index (χ0) is 14.5. The summed E-state index contributed by atoms with van der Waals surface area (Å²) in [5, 5.41) is 11.4. The zero-order valence-electron chi connectivity index (χ0n) is 10.4. The Morgan fingerprint density at radius 2 is 1.70 bits per heavy atom. The minimum absolute atomic E-state index is 0.144. The lowest BCUT2D eigenvalue weighted by atomic mass is 10.1. The molecule has 0 fully saturated rings. The average Bonchev–Trinajstić information content (AvgIpc) is 2.47. The van der Waals surface area contributed by atoms with E-state index in [1.807, 2.05) is 0 Å². The van der Waals surface area contributed by atoms with E-state index in [0.717, 1.165) is 0 Å². The lowest BCUT2D eigenvalue weighted by molar-refractivity contribution is 0.0696. The van der Waals surface area contributed by atoms with Gasteiger partial charge in [-0.25, -0.2) is 4.79 Å². The van der Waals surface area contributed by atoms with Gasteiger partial charge in [0, 0.05) is 16.8 Å². The predicted molar refractivity (Wildman–Crippen MR) is 73.2 cm³/mol. The number of carbonyl (C=O) groups is 3. The van der Waals surface area contributed by atoms with E-state index in [1.165, 1.54) is 30.3 Å². The molecule has 0 atom stereocenters. The first kappa shape index (κ1) is 13.5. The van der Waals surface area contributed by atoms with Crippen LogP contribution in [0, 0.1) is 0 Å². The van der Waals surface area contributed by atoms with E-state index >= 15 is 0 Å². The number of carboxylic acid groups (broad SMARTS) is 1. The molecule has 0 aliphatic carbocycles. The van der Waals surface area contributed by atoms with Gasteiger partial charge in [-0.1, -0.05) is 12.1 Å². The fraction of sp³-hybridized carbons (Fsp3) is 0. The van der Waals surface area contributed by atoms with Gasteiger partial charge in [-0.15, -0.1) is 0 Å². The lowest BCUT2D eigenvalue weighted by Crippen LogP contribution is -2.12. The number of hydrogen-bond donors (Lipinski definition) is 2. The van der Waals surface area contributed by atoms with Crippen LogP contribution in [-0.4, -0.2) is 23.3 Å². The first-order chi connectivity index (χ1) is 9.60. The van der Waals surface area contributed by atoms with Crippen LogP contribution in [0.5, 0.6) is 0 Å². The van der Waals surface area contributed by atoms with Gasteiger partial charge in [-0.05, 0) is 36.4 Å². The molecule has 5 heteroatoms. The van der Waals surface area contributed by atoms with Gasteiger partial charge in [0.2, 0.25) is 0 Å². The van der Waals surface area contributed by atoms with Crippen LogP contribution in [0.2, 0.25) is 0 Å². The predicted octanol–water partition coefficient (Wildman–Crippen LogP) is 2.45. The van der Waals surface area contributed by atoms with Crippen molar-refractivity contribution in [2.24, 2.45) is 0 Å². The van der Waals surface area contributed by atoms with Crippen LogP contribution in [0.3, 0.4) is 0 Å². The largest absolute Gasteiger partial charge is 0.478 e. The number of nitrogens with one attached hydrogen (secondary N) is 1. The molecule has 0 heterocycles. The van der Waals surface area contributed by atoms with Crippen LogP contribution in [0.15, 0.2) is 48.5 Å². The van der Waals surface area contributed by atoms with Gasteiger partial charge in [0.25, 0.3) is 5.91 Å². The standard InChI is InChI=1S/C15H11NO4/c17-9-10-2-1-3-12(8-10)14(18)16-13-6-4-11(5-7-13)15(19)20/h1-9H,(H,16,18)(H,19,20). The van der Waals surface area contributed by atoms with E-state index in [9.17, 15) is 14.4 Å². The number of rotatable bonds is 4. The third kappa shape index (κ3) is 3.08. The Balaban J connectivity index is 2.14. The second-order valence-corrected chi connectivity index (χ2v) is 4.08. The van der Waals surface area contributed by atoms with Gasteiger partial charge in [0.15, 0.2) is 0 Å². The Hall–Kier alpha value is -2.95. The van der Waals surface area contributed by atoms with Crippen molar-refractivity contribution in [2.45, 2.75) is 0 Å². The maximum Gasteiger partial charge on any atom is 0.335 e. The number of hydrogen-bond acceptors (Lipinski definition) is 3. The highest BCUT2D eigenvalue weighted by molar-refractivity contribution is 6.05. The van der Waals surface area contributed by atoms with Crippen molar-refractivity contribution in [1.82, 2.24) is 0 Å². The summed E-state index contributed by atoms with van der Waals surface area (Å²) in [5.41, 5.74) is 1.40. The summed E-state index contributed by atoms with van der Waals surface area (Å²) < 4.78 is 0. The molecule has 2 rings (SSSR count). The van der Waals surface area contributed by atoms with Crippen molar-refractivity contribution in [3.8, 4) is 0 Å². The summed E-state index contributed by atoms with van der Waals surface area (Å²) in [4.78, 5) is 33.3. The van der Waals surface area contributed by atoms with Gasteiger partial charge < -0.3 is 10.4 Å². The molecule has 2 aromatic carbocycles. The molecule has 20 heavy (non-hydrogen) atoms. The molecular formula is C15H11NO4. The maximum atomic E-state index is 12.0. The van der Waals surface area contributed by atoms with Crippen LogP contribution < -0.4 is 5.32 Å². The lowest BCUT2D eigenvalue weighted by Gasteiger charge is -2.06. The number of anilines is 1. The van der Waals surface area contributed by atoms with Crippen LogP contribution in [-0.2, 0) is 0 Å². The Bertz CT molecular complexity index is 662. The fourth-order valence-corrected chi connectivity index (χ4v) is 1.65. The number of aromatic carboxylic acids is 1. The third-order valence-electron chi connectivity index (χ3n) is 2.67. The van der Waals surface area contributed by atoms with Gasteiger partial charge in [-0.2, -0.15) is 0 Å². The Labute approximate surface area is 114 Å². The van der Waals surface area contributed by atoms with E-state index in [2.05, 4.69) is 5.32 Å². The van der Waals surface area contributed by atoms with E-state index < -0.39 is 5.97 Å². The number of benzene rings is 2. The van der Waals surface area contributed by atoms with Gasteiger partial charge in [-0.3, -0.25) is 9.59 Å². The summed E-state index contributed by atoms with van der Waals surface area (Å²) in [6.45, 7) is 0. The van der Waals surface area contributed by atoms with Crippen LogP contribution in [0.4, 0.5) is 5.69 Å². The smallest absolute Gasteiger partial charge is 0.335 e. The van der Waals surface area contributed by atoms with Crippen molar-refractivity contribution >= 4 is 23.9 Å². The minimum Gasteiger partial charge on any atom is -0.478 e. The molecule has 0 aromatic heterocycles. The maximum absolute atomic E-state index is 12.0. The molecule has 0 spiro atoms. The van der Waals surface area contributed by atoms with Crippen LogP contribution >= 0.6 is 0 Å². The Kier molecular flexibility index (Phi) is 3.91. The van der Waals surface area contributed by atoms with E-state index in [-0.39, 0.29) is 11.5 Å². The third-order valence-corrected chi connectivity index (χ3v) is 2.67. The van der Waals surface area contributed by atoms with E-state index in [4.69, 9.17) is 5.11 Å². The molecule has 0 radical (unpaired) electrons. The van der Waals surface area contributed by atoms with E-state index in [0.29, 0.717) is 23.1 Å². The number of amides is 1. The summed E-state index contributed by atoms with van der Waals surface area (Å²) in [6.07, 6.45) is 0.665. The molecule has 1 amide bonds. The summed E-state index contributed by atoms with van der Waals surface area (Å²) in [5.74, 6) is -1.39. The highest BCUT2D eigenvalue weighted by atomic mass is 16.4. The summed E-state index contributed by atoms with van der Waals surface area (Å²) >= 11 is 0. The second-order valence-electron chi connectivity index (χ2n) is 4.08. The molecule has 0 bridgehead atoms. The molecule has 100 valence electrons. The number of aldehydes is 1. The number of carbonyl (C=O) groups excluding carboxylic acids is 2. The first-order valence-corrected chi connectivity index (χ1v) is 5.80. The minimum atomic E-state index is -1.03. The molecule has 0 aliphatic rings. The van der Waals surface area contributed by atoms with Crippen molar-refractivity contribution in [3.05, 3.63) is 65.2 Å². The van der Waals surface area contributed by atoms with Crippen molar-refractivity contribution in [2.75, 3.05) is 5.32 Å². The van der Waals surface area contributed by atoms with Crippen molar-refractivity contribution < 1.29 is 19.5 Å². The molecule has 2 N–H and O–H groups in total. The van der Waals surface area contributed by atoms with Crippen LogP contribution in [0.1, 0.15) is 31.1 Å². The second kappa shape index (κ2) is 5.79. The topological polar surface area (TPSA) is 83.5 Å². The fourth-order valence-electron chi connectivity index (χ4n) is 1.65. The van der Waals surface area contributed by atoms with Gasteiger partial charge >= 0.3 is 5.97 Å². The zero-order valence-corrected chi connectivity index (χ0v) is 10.4. The number of carboxylic acids is 1. The molecule has 0 unspecified atom stereocenters. The first-order valence-electron chi connectivity index (χ1n) is 5.80.